The number of aromatic nitrogens is 2. The van der Waals surface area contributed by atoms with E-state index in [0.717, 1.165) is 11.6 Å². The van der Waals surface area contributed by atoms with Crippen LogP contribution in [-0.2, 0) is 6.18 Å². The molecule has 0 aliphatic carbocycles. The Morgan fingerprint density at radius 2 is 1.83 bits per heavy atom. The quantitative estimate of drug-likeness (QED) is 0.893. The standard InChI is InChI=1S/C15H16ClF3N4/c1-9(10-6-4-5-7-11(10)16)20-14-21-12(15(17,18)19)8-13(22-14)23(2)3/h4-9H,1-3H3,(H,20,21,22). The van der Waals surface area contributed by atoms with Gasteiger partial charge in [-0.25, -0.2) is 4.98 Å². The summed E-state index contributed by atoms with van der Waals surface area (Å²) in [5.74, 6) is 0.0668. The summed E-state index contributed by atoms with van der Waals surface area (Å²) in [6.07, 6.45) is -4.54. The van der Waals surface area contributed by atoms with E-state index >= 15 is 0 Å². The fourth-order valence-corrected chi connectivity index (χ4v) is 2.27. The van der Waals surface area contributed by atoms with Crippen LogP contribution in [0.3, 0.4) is 0 Å². The van der Waals surface area contributed by atoms with Crippen LogP contribution < -0.4 is 10.2 Å². The van der Waals surface area contributed by atoms with Gasteiger partial charge in [0.05, 0.1) is 6.04 Å². The number of hydrogen-bond acceptors (Lipinski definition) is 4. The van der Waals surface area contributed by atoms with Crippen LogP contribution in [0, 0.1) is 0 Å². The molecule has 124 valence electrons. The molecule has 1 heterocycles. The van der Waals surface area contributed by atoms with Crippen LogP contribution in [0.1, 0.15) is 24.2 Å². The lowest BCUT2D eigenvalue weighted by molar-refractivity contribution is -0.141. The summed E-state index contributed by atoms with van der Waals surface area (Å²) in [5, 5.41) is 3.39. The summed E-state index contributed by atoms with van der Waals surface area (Å²) in [4.78, 5) is 9.16. The lowest BCUT2D eigenvalue weighted by Gasteiger charge is -2.19. The van der Waals surface area contributed by atoms with Gasteiger partial charge in [0.15, 0.2) is 5.69 Å². The molecule has 4 nitrogen and oxygen atoms in total. The van der Waals surface area contributed by atoms with Crippen molar-refractivity contribution >= 4 is 23.4 Å². The minimum atomic E-state index is -4.54. The van der Waals surface area contributed by atoms with Gasteiger partial charge in [-0.2, -0.15) is 18.2 Å². The lowest BCUT2D eigenvalue weighted by Crippen LogP contribution is -2.18. The molecule has 1 N–H and O–H groups in total. The molecule has 0 saturated carbocycles. The maximum absolute atomic E-state index is 13.0. The fourth-order valence-electron chi connectivity index (χ4n) is 1.97. The Hall–Kier alpha value is -2.02. The largest absolute Gasteiger partial charge is 0.433 e. The van der Waals surface area contributed by atoms with Crippen molar-refractivity contribution in [1.82, 2.24) is 9.97 Å². The topological polar surface area (TPSA) is 41.1 Å². The van der Waals surface area contributed by atoms with Crippen molar-refractivity contribution in [2.75, 3.05) is 24.3 Å². The molecule has 1 aromatic carbocycles. The van der Waals surface area contributed by atoms with E-state index in [1.54, 1.807) is 45.3 Å². The van der Waals surface area contributed by atoms with Crippen molar-refractivity contribution in [3.63, 3.8) is 0 Å². The van der Waals surface area contributed by atoms with Crippen LogP contribution in [0.4, 0.5) is 24.9 Å². The zero-order chi connectivity index (χ0) is 17.2. The van der Waals surface area contributed by atoms with Crippen molar-refractivity contribution in [1.29, 1.82) is 0 Å². The average molecular weight is 345 g/mol. The molecule has 8 heteroatoms. The van der Waals surface area contributed by atoms with E-state index < -0.39 is 11.9 Å². The monoisotopic (exact) mass is 344 g/mol. The highest BCUT2D eigenvalue weighted by Crippen LogP contribution is 2.31. The number of rotatable bonds is 4. The number of halogens is 4. The Kier molecular flexibility index (Phi) is 4.99. The molecule has 1 aromatic heterocycles. The van der Waals surface area contributed by atoms with E-state index in [9.17, 15) is 13.2 Å². The van der Waals surface area contributed by atoms with Crippen molar-refractivity contribution in [3.05, 3.63) is 46.6 Å². The molecule has 0 saturated heterocycles. The van der Waals surface area contributed by atoms with Crippen LogP contribution in [0.25, 0.3) is 0 Å². The molecule has 23 heavy (non-hydrogen) atoms. The van der Waals surface area contributed by atoms with E-state index in [1.807, 2.05) is 0 Å². The minimum absolute atomic E-state index is 0.101. The van der Waals surface area contributed by atoms with Crippen LogP contribution in [-0.4, -0.2) is 24.1 Å². The lowest BCUT2D eigenvalue weighted by atomic mass is 10.1. The number of nitrogens with zero attached hydrogens (tertiary/aromatic N) is 3. The first-order valence-corrected chi connectivity index (χ1v) is 7.21. The summed E-state index contributed by atoms with van der Waals surface area (Å²) < 4.78 is 38.9. The van der Waals surface area contributed by atoms with Gasteiger partial charge < -0.3 is 10.2 Å². The van der Waals surface area contributed by atoms with Crippen LogP contribution >= 0.6 is 11.6 Å². The van der Waals surface area contributed by atoms with E-state index in [2.05, 4.69) is 15.3 Å². The second kappa shape index (κ2) is 6.62. The first-order chi connectivity index (χ1) is 10.7. The third-order valence-corrected chi connectivity index (χ3v) is 3.52. The second-order valence-electron chi connectivity index (χ2n) is 5.21. The maximum atomic E-state index is 13.0. The second-order valence-corrected chi connectivity index (χ2v) is 5.62. The molecule has 1 atom stereocenters. The highest BCUT2D eigenvalue weighted by molar-refractivity contribution is 6.31. The molecular weight excluding hydrogens is 329 g/mol. The molecule has 0 aliphatic heterocycles. The molecule has 0 spiro atoms. The summed E-state index contributed by atoms with van der Waals surface area (Å²) >= 11 is 6.10. The summed E-state index contributed by atoms with van der Waals surface area (Å²) in [7, 11) is 3.23. The predicted octanol–water partition coefficient (Wildman–Crippen LogP) is 4.39. The maximum Gasteiger partial charge on any atom is 0.433 e. The zero-order valence-corrected chi connectivity index (χ0v) is 13.6. The highest BCUT2D eigenvalue weighted by Gasteiger charge is 2.34. The van der Waals surface area contributed by atoms with Gasteiger partial charge in [0.25, 0.3) is 0 Å². The number of alkyl halides is 3. The summed E-state index contributed by atoms with van der Waals surface area (Å²) in [6, 6.07) is 7.66. The number of hydrogen-bond donors (Lipinski definition) is 1. The van der Waals surface area contributed by atoms with E-state index in [1.165, 1.54) is 4.90 Å². The van der Waals surface area contributed by atoms with Crippen molar-refractivity contribution < 1.29 is 13.2 Å². The van der Waals surface area contributed by atoms with Gasteiger partial charge in [-0.1, -0.05) is 29.8 Å². The SMILES string of the molecule is CC(Nc1nc(N(C)C)cc(C(F)(F)F)n1)c1ccccc1Cl. The van der Waals surface area contributed by atoms with Gasteiger partial charge in [0.1, 0.15) is 5.82 Å². The van der Waals surface area contributed by atoms with Crippen molar-refractivity contribution in [2.24, 2.45) is 0 Å². The third kappa shape index (κ3) is 4.25. The van der Waals surface area contributed by atoms with Gasteiger partial charge in [-0.15, -0.1) is 0 Å². The first kappa shape index (κ1) is 17.3. The fraction of sp³-hybridized carbons (Fsp3) is 0.333. The van der Waals surface area contributed by atoms with Gasteiger partial charge >= 0.3 is 6.18 Å². The first-order valence-electron chi connectivity index (χ1n) is 6.83. The number of anilines is 2. The van der Waals surface area contributed by atoms with Crippen molar-refractivity contribution in [2.45, 2.75) is 19.1 Å². The van der Waals surface area contributed by atoms with E-state index in [4.69, 9.17) is 11.6 Å². The highest BCUT2D eigenvalue weighted by atomic mass is 35.5. The molecule has 0 fully saturated rings. The molecule has 2 rings (SSSR count). The van der Waals surface area contributed by atoms with E-state index in [0.29, 0.717) is 5.02 Å². The average Bonchev–Trinajstić information content (AvgIpc) is 2.46. The van der Waals surface area contributed by atoms with Crippen LogP contribution in [0.5, 0.6) is 0 Å². The minimum Gasteiger partial charge on any atom is -0.363 e. The normalized spacial score (nSPS) is 12.8. The molecule has 0 bridgehead atoms. The van der Waals surface area contributed by atoms with Gasteiger partial charge in [-0.05, 0) is 18.6 Å². The molecular formula is C15H16ClF3N4. The molecule has 1 unspecified atom stereocenters. The Morgan fingerprint density at radius 1 is 1.17 bits per heavy atom. The van der Waals surface area contributed by atoms with Crippen LogP contribution in [0.2, 0.25) is 5.02 Å². The molecule has 2 aromatic rings. The predicted molar refractivity (Wildman–Crippen MR) is 84.9 cm³/mol. The third-order valence-electron chi connectivity index (χ3n) is 3.18. The molecule has 0 radical (unpaired) electrons. The number of nitrogens with one attached hydrogen (secondary N) is 1. The molecule has 0 amide bonds. The zero-order valence-electron chi connectivity index (χ0n) is 12.8. The number of benzene rings is 1. The summed E-state index contributed by atoms with van der Waals surface area (Å²) in [6.45, 7) is 1.78. The Morgan fingerprint density at radius 3 is 2.39 bits per heavy atom. The van der Waals surface area contributed by atoms with Gasteiger partial charge in [-0.3, -0.25) is 0 Å². The summed E-state index contributed by atoms with van der Waals surface area (Å²) in [5.41, 5.74) is -0.244. The van der Waals surface area contributed by atoms with Gasteiger partial charge in [0, 0.05) is 25.2 Å². The van der Waals surface area contributed by atoms with E-state index in [-0.39, 0.29) is 17.8 Å². The Labute approximate surface area is 137 Å². The van der Waals surface area contributed by atoms with Crippen LogP contribution in [0.15, 0.2) is 30.3 Å². The smallest absolute Gasteiger partial charge is 0.363 e. The Balaban J connectivity index is 2.35. The van der Waals surface area contributed by atoms with Crippen molar-refractivity contribution in [3.8, 4) is 0 Å². The van der Waals surface area contributed by atoms with Gasteiger partial charge in [0.2, 0.25) is 5.95 Å². The molecule has 0 aliphatic rings. The Bertz CT molecular complexity index is 689.